The normalized spacial score (nSPS) is 11.2. The van der Waals surface area contributed by atoms with Crippen molar-refractivity contribution in [1.29, 1.82) is 0 Å². The molecule has 0 bridgehead atoms. The number of aromatic nitrogens is 4. The molecule has 0 radical (unpaired) electrons. The van der Waals surface area contributed by atoms with Crippen molar-refractivity contribution in [3.05, 3.63) is 27.0 Å². The summed E-state index contributed by atoms with van der Waals surface area (Å²) in [6.45, 7) is 1.88. The zero-order valence-corrected chi connectivity index (χ0v) is 12.5. The molecule has 6 nitrogen and oxygen atoms in total. The molecule has 0 atom stereocenters. The number of rotatable bonds is 3. The molecule has 3 aromatic heterocycles. The lowest BCUT2D eigenvalue weighted by molar-refractivity contribution is -0.115. The van der Waals surface area contributed by atoms with Gasteiger partial charge in [0.25, 0.3) is 0 Å². The van der Waals surface area contributed by atoms with Gasteiger partial charge in [-0.3, -0.25) is 9.89 Å². The van der Waals surface area contributed by atoms with Crippen LogP contribution in [0.3, 0.4) is 0 Å². The Balaban J connectivity index is 1.81. The predicted octanol–water partition coefficient (Wildman–Crippen LogP) is 2.50. The number of amides is 1. The lowest BCUT2D eigenvalue weighted by Crippen LogP contribution is -2.14. The van der Waals surface area contributed by atoms with E-state index in [0.29, 0.717) is 10.2 Å². The van der Waals surface area contributed by atoms with Crippen molar-refractivity contribution in [2.45, 2.75) is 13.3 Å². The van der Waals surface area contributed by atoms with E-state index in [-0.39, 0.29) is 12.3 Å². The van der Waals surface area contributed by atoms with Gasteiger partial charge in [0.2, 0.25) is 5.91 Å². The summed E-state index contributed by atoms with van der Waals surface area (Å²) in [5, 5.41) is 14.9. The molecule has 0 spiro atoms. The topological polar surface area (TPSA) is 75.6 Å². The van der Waals surface area contributed by atoms with Crippen molar-refractivity contribution in [2.75, 3.05) is 5.32 Å². The maximum Gasteiger partial charge on any atom is 0.230 e. The highest BCUT2D eigenvalue weighted by atomic mass is 35.5. The van der Waals surface area contributed by atoms with E-state index in [0.717, 1.165) is 21.6 Å². The minimum Gasteiger partial charge on any atom is -0.310 e. The van der Waals surface area contributed by atoms with Crippen LogP contribution in [0.15, 0.2) is 12.1 Å². The van der Waals surface area contributed by atoms with E-state index in [1.165, 1.54) is 11.3 Å². The number of nitrogens with zero attached hydrogens (tertiary/aromatic N) is 3. The van der Waals surface area contributed by atoms with Gasteiger partial charge in [-0.05, 0) is 19.1 Å². The van der Waals surface area contributed by atoms with Gasteiger partial charge in [0.1, 0.15) is 5.82 Å². The van der Waals surface area contributed by atoms with Crippen LogP contribution >= 0.6 is 22.9 Å². The van der Waals surface area contributed by atoms with Crippen molar-refractivity contribution < 1.29 is 4.79 Å². The third kappa shape index (κ3) is 2.30. The largest absolute Gasteiger partial charge is 0.310 e. The van der Waals surface area contributed by atoms with Gasteiger partial charge in [0.15, 0.2) is 5.65 Å². The van der Waals surface area contributed by atoms with Gasteiger partial charge in [0, 0.05) is 11.9 Å². The van der Waals surface area contributed by atoms with Crippen molar-refractivity contribution in [3.8, 4) is 0 Å². The molecule has 3 aromatic rings. The van der Waals surface area contributed by atoms with E-state index < -0.39 is 0 Å². The van der Waals surface area contributed by atoms with E-state index in [9.17, 15) is 4.79 Å². The van der Waals surface area contributed by atoms with Crippen LogP contribution in [0.5, 0.6) is 0 Å². The van der Waals surface area contributed by atoms with Crippen LogP contribution in [0.25, 0.3) is 11.0 Å². The Labute approximate surface area is 123 Å². The number of thiophene rings is 1. The second-order valence-electron chi connectivity index (χ2n) is 4.44. The molecule has 0 saturated heterocycles. The minimum absolute atomic E-state index is 0.114. The van der Waals surface area contributed by atoms with Crippen molar-refractivity contribution >= 4 is 45.7 Å². The zero-order chi connectivity index (χ0) is 14.3. The van der Waals surface area contributed by atoms with E-state index >= 15 is 0 Å². The summed E-state index contributed by atoms with van der Waals surface area (Å²) < 4.78 is 2.36. The summed E-state index contributed by atoms with van der Waals surface area (Å²) in [7, 11) is 1.81. The molecule has 2 N–H and O–H groups in total. The van der Waals surface area contributed by atoms with Crippen molar-refractivity contribution in [3.63, 3.8) is 0 Å². The number of carbonyl (C=O) groups is 1. The molecular weight excluding hydrogens is 298 g/mol. The number of nitrogens with one attached hydrogen (secondary N) is 2. The van der Waals surface area contributed by atoms with Crippen LogP contribution in [-0.4, -0.2) is 25.9 Å². The highest BCUT2D eigenvalue weighted by Gasteiger charge is 2.16. The molecule has 3 rings (SSSR count). The van der Waals surface area contributed by atoms with Gasteiger partial charge >= 0.3 is 0 Å². The summed E-state index contributed by atoms with van der Waals surface area (Å²) in [6.07, 6.45) is 0.289. The Morgan fingerprint density at radius 3 is 3.05 bits per heavy atom. The number of aromatic amines is 1. The fourth-order valence-corrected chi connectivity index (χ4v) is 3.20. The number of fused-ring (bicyclic) bond motifs is 1. The standard InChI is InChI=1S/C12H12ClN5OS/c1-6-10-11(15-16-12(10)18(2)17-6)14-9(19)5-7-3-4-8(13)20-7/h3-4H,5H2,1-2H3,(H2,14,15,16,19). The first kappa shape index (κ1) is 13.1. The quantitative estimate of drug-likeness (QED) is 0.780. The first-order valence-electron chi connectivity index (χ1n) is 5.96. The van der Waals surface area contributed by atoms with Gasteiger partial charge < -0.3 is 5.32 Å². The monoisotopic (exact) mass is 309 g/mol. The molecule has 0 aliphatic heterocycles. The predicted molar refractivity (Wildman–Crippen MR) is 79.3 cm³/mol. The van der Waals surface area contributed by atoms with E-state index in [1.54, 1.807) is 10.7 Å². The molecule has 0 unspecified atom stereocenters. The van der Waals surface area contributed by atoms with Crippen molar-refractivity contribution in [1.82, 2.24) is 20.0 Å². The summed E-state index contributed by atoms with van der Waals surface area (Å²) in [5.41, 5.74) is 1.54. The molecule has 20 heavy (non-hydrogen) atoms. The zero-order valence-electron chi connectivity index (χ0n) is 10.9. The highest BCUT2D eigenvalue weighted by Crippen LogP contribution is 2.25. The molecule has 0 fully saturated rings. The SMILES string of the molecule is Cc1nn(C)c2n[nH]c(NC(=O)Cc3ccc(Cl)s3)c12. The average Bonchev–Trinajstić information content (AvgIpc) is 3.02. The second-order valence-corrected chi connectivity index (χ2v) is 6.24. The summed E-state index contributed by atoms with van der Waals surface area (Å²) in [4.78, 5) is 13.0. The lowest BCUT2D eigenvalue weighted by Gasteiger charge is -2.01. The van der Waals surface area contributed by atoms with E-state index in [4.69, 9.17) is 11.6 Å². The first-order valence-corrected chi connectivity index (χ1v) is 7.16. The third-order valence-corrected chi connectivity index (χ3v) is 4.17. The Kier molecular flexibility index (Phi) is 3.23. The fraction of sp³-hybridized carbons (Fsp3) is 0.250. The number of hydrogen-bond donors (Lipinski definition) is 2. The summed E-state index contributed by atoms with van der Waals surface area (Å²) in [6, 6.07) is 3.64. The minimum atomic E-state index is -0.114. The number of H-pyrrole nitrogens is 1. The fourth-order valence-electron chi connectivity index (χ4n) is 2.11. The number of hydrogen-bond acceptors (Lipinski definition) is 4. The smallest absolute Gasteiger partial charge is 0.230 e. The maximum absolute atomic E-state index is 12.0. The number of anilines is 1. The molecule has 3 heterocycles. The maximum atomic E-state index is 12.0. The van der Waals surface area contributed by atoms with Crippen LogP contribution in [0.1, 0.15) is 10.6 Å². The molecule has 0 aromatic carbocycles. The van der Waals surface area contributed by atoms with Crippen LogP contribution in [-0.2, 0) is 18.3 Å². The molecular formula is C12H12ClN5OS. The van der Waals surface area contributed by atoms with Gasteiger partial charge in [-0.25, -0.2) is 4.68 Å². The van der Waals surface area contributed by atoms with Crippen LogP contribution in [0.4, 0.5) is 5.82 Å². The number of aryl methyl sites for hydroxylation is 2. The molecule has 0 aliphatic carbocycles. The Bertz CT molecular complexity index is 787. The van der Waals surface area contributed by atoms with Crippen molar-refractivity contribution in [2.24, 2.45) is 7.05 Å². The highest BCUT2D eigenvalue weighted by molar-refractivity contribution is 7.16. The average molecular weight is 310 g/mol. The second kappa shape index (κ2) is 4.92. The van der Waals surface area contributed by atoms with Gasteiger partial charge in [0.05, 0.1) is 21.8 Å². The molecule has 8 heteroatoms. The van der Waals surface area contributed by atoms with E-state index in [2.05, 4.69) is 20.6 Å². The first-order chi connectivity index (χ1) is 9.54. The lowest BCUT2D eigenvalue weighted by atomic mass is 10.3. The Morgan fingerprint density at radius 2 is 2.35 bits per heavy atom. The van der Waals surface area contributed by atoms with Crippen LogP contribution < -0.4 is 5.32 Å². The van der Waals surface area contributed by atoms with Crippen LogP contribution in [0.2, 0.25) is 4.34 Å². The van der Waals surface area contributed by atoms with Crippen LogP contribution in [0, 0.1) is 6.92 Å². The number of carbonyl (C=O) groups excluding carboxylic acids is 1. The Hall–Kier alpha value is -1.86. The summed E-state index contributed by atoms with van der Waals surface area (Å²) in [5.74, 6) is 0.468. The molecule has 0 saturated carbocycles. The molecule has 104 valence electrons. The van der Waals surface area contributed by atoms with E-state index in [1.807, 2.05) is 20.0 Å². The molecule has 1 amide bonds. The van der Waals surface area contributed by atoms with Gasteiger partial charge in [-0.2, -0.15) is 10.2 Å². The third-order valence-electron chi connectivity index (χ3n) is 2.94. The van der Waals surface area contributed by atoms with Gasteiger partial charge in [-0.1, -0.05) is 11.6 Å². The molecule has 0 aliphatic rings. The number of halogens is 1. The Morgan fingerprint density at radius 1 is 1.55 bits per heavy atom. The van der Waals surface area contributed by atoms with Gasteiger partial charge in [-0.15, -0.1) is 11.3 Å². The summed E-state index contributed by atoms with van der Waals surface area (Å²) >= 11 is 7.25.